The molecule has 1 aromatic rings. The second-order valence-corrected chi connectivity index (χ2v) is 4.41. The Morgan fingerprint density at radius 3 is 2.47 bits per heavy atom. The Hall–Kier alpha value is -0.900. The Balaban J connectivity index is 2.56. The average molecular weight is 236 g/mol. The van der Waals surface area contributed by atoms with Crippen molar-refractivity contribution < 1.29 is 4.74 Å². The summed E-state index contributed by atoms with van der Waals surface area (Å²) in [7, 11) is 1.74. The number of hydrogen-bond donors (Lipinski definition) is 1. The van der Waals surface area contributed by atoms with Crippen molar-refractivity contribution in [3.63, 3.8) is 0 Å². The van der Waals surface area contributed by atoms with Crippen molar-refractivity contribution in [3.05, 3.63) is 35.9 Å². The van der Waals surface area contributed by atoms with Crippen molar-refractivity contribution in [2.24, 2.45) is 5.73 Å². The number of rotatable bonds is 7. The summed E-state index contributed by atoms with van der Waals surface area (Å²) in [4.78, 5) is 2.35. The van der Waals surface area contributed by atoms with Gasteiger partial charge in [-0.2, -0.15) is 0 Å². The molecule has 0 amide bonds. The maximum atomic E-state index is 6.22. The van der Waals surface area contributed by atoms with Gasteiger partial charge in [-0.05, 0) is 19.0 Å². The lowest BCUT2D eigenvalue weighted by molar-refractivity contribution is 0.0986. The van der Waals surface area contributed by atoms with Gasteiger partial charge in [0.2, 0.25) is 0 Å². The largest absolute Gasteiger partial charge is 0.383 e. The number of nitrogens with zero attached hydrogens (tertiary/aromatic N) is 1. The van der Waals surface area contributed by atoms with Gasteiger partial charge in [0.05, 0.1) is 6.61 Å². The van der Waals surface area contributed by atoms with Gasteiger partial charge < -0.3 is 10.5 Å². The van der Waals surface area contributed by atoms with Crippen LogP contribution < -0.4 is 5.73 Å². The van der Waals surface area contributed by atoms with Crippen LogP contribution in [-0.4, -0.2) is 37.7 Å². The molecule has 0 fully saturated rings. The second-order valence-electron chi connectivity index (χ2n) is 4.41. The minimum absolute atomic E-state index is 0.0652. The maximum Gasteiger partial charge on any atom is 0.0615 e. The van der Waals surface area contributed by atoms with Crippen molar-refractivity contribution in [2.75, 3.05) is 26.8 Å². The number of likely N-dealkylation sites (N-methyl/N-ethyl adjacent to an activating group) is 1. The van der Waals surface area contributed by atoms with Crippen LogP contribution in [0.4, 0.5) is 0 Å². The summed E-state index contributed by atoms with van der Waals surface area (Å²) in [5.41, 5.74) is 7.41. The highest BCUT2D eigenvalue weighted by Gasteiger charge is 2.16. The monoisotopic (exact) mass is 236 g/mol. The fourth-order valence-corrected chi connectivity index (χ4v) is 2.03. The minimum atomic E-state index is 0.0652. The van der Waals surface area contributed by atoms with Gasteiger partial charge in [-0.1, -0.05) is 37.3 Å². The zero-order valence-corrected chi connectivity index (χ0v) is 11.1. The van der Waals surface area contributed by atoms with E-state index in [0.29, 0.717) is 6.04 Å². The van der Waals surface area contributed by atoms with Gasteiger partial charge in [0.1, 0.15) is 0 Å². The van der Waals surface area contributed by atoms with Crippen LogP contribution in [-0.2, 0) is 4.74 Å². The third-order valence-electron chi connectivity index (χ3n) is 3.10. The Bertz CT molecular complexity index is 302. The highest BCUT2D eigenvalue weighted by Crippen LogP contribution is 2.12. The van der Waals surface area contributed by atoms with Crippen LogP contribution in [0.3, 0.4) is 0 Å². The third-order valence-corrected chi connectivity index (χ3v) is 3.10. The summed E-state index contributed by atoms with van der Waals surface area (Å²) in [5.74, 6) is 0. The molecule has 0 spiro atoms. The number of hydrogen-bond acceptors (Lipinski definition) is 3. The molecule has 17 heavy (non-hydrogen) atoms. The van der Waals surface area contributed by atoms with E-state index in [4.69, 9.17) is 10.5 Å². The fraction of sp³-hybridized carbons (Fsp3) is 0.571. The molecule has 0 saturated heterocycles. The van der Waals surface area contributed by atoms with E-state index < -0.39 is 0 Å². The molecule has 2 unspecified atom stereocenters. The Morgan fingerprint density at radius 1 is 1.29 bits per heavy atom. The second kappa shape index (κ2) is 7.43. The molecule has 3 heteroatoms. The van der Waals surface area contributed by atoms with E-state index in [0.717, 1.165) is 19.7 Å². The topological polar surface area (TPSA) is 38.5 Å². The predicted octanol–water partition coefficient (Wildman–Crippen LogP) is 2.04. The molecule has 0 aromatic heterocycles. The molecule has 1 rings (SSSR count). The lowest BCUT2D eigenvalue weighted by atomic mass is 10.1. The normalized spacial score (nSPS) is 14.9. The van der Waals surface area contributed by atoms with Crippen molar-refractivity contribution in [1.82, 2.24) is 4.90 Å². The summed E-state index contributed by atoms with van der Waals surface area (Å²) in [6, 6.07) is 10.7. The number of methoxy groups -OCH3 is 1. The van der Waals surface area contributed by atoms with Crippen LogP contribution in [0.5, 0.6) is 0 Å². The molecule has 0 saturated carbocycles. The first-order chi connectivity index (χ1) is 8.19. The van der Waals surface area contributed by atoms with Crippen LogP contribution >= 0.6 is 0 Å². The van der Waals surface area contributed by atoms with Crippen LogP contribution in [0.2, 0.25) is 0 Å². The van der Waals surface area contributed by atoms with Crippen molar-refractivity contribution in [1.29, 1.82) is 0 Å². The summed E-state index contributed by atoms with van der Waals surface area (Å²) >= 11 is 0. The number of nitrogens with two attached hydrogens (primary N) is 1. The highest BCUT2D eigenvalue weighted by molar-refractivity contribution is 5.18. The van der Waals surface area contributed by atoms with Gasteiger partial charge in [0, 0.05) is 25.7 Å². The van der Waals surface area contributed by atoms with Crippen molar-refractivity contribution in [2.45, 2.75) is 25.9 Å². The average Bonchev–Trinajstić information content (AvgIpc) is 2.37. The molecular weight excluding hydrogens is 212 g/mol. The van der Waals surface area contributed by atoms with E-state index in [1.807, 2.05) is 18.2 Å². The Kier molecular flexibility index (Phi) is 6.19. The SMILES string of the molecule is CCN(CC(N)c1ccccc1)C(C)COC. The summed E-state index contributed by atoms with van der Waals surface area (Å²) in [6.45, 7) is 6.93. The van der Waals surface area contributed by atoms with Gasteiger partial charge >= 0.3 is 0 Å². The standard InChI is InChI=1S/C14H24N2O/c1-4-16(12(2)11-17-3)10-14(15)13-8-6-5-7-9-13/h5-9,12,14H,4,10-11,15H2,1-3H3. The highest BCUT2D eigenvalue weighted by atomic mass is 16.5. The molecule has 96 valence electrons. The van der Waals surface area contributed by atoms with E-state index in [2.05, 4.69) is 30.9 Å². The number of ether oxygens (including phenoxy) is 1. The maximum absolute atomic E-state index is 6.22. The Morgan fingerprint density at radius 2 is 1.94 bits per heavy atom. The van der Waals surface area contributed by atoms with Gasteiger partial charge in [0.15, 0.2) is 0 Å². The lowest BCUT2D eigenvalue weighted by Gasteiger charge is -2.29. The third kappa shape index (κ3) is 4.46. The van der Waals surface area contributed by atoms with Crippen LogP contribution in [0.25, 0.3) is 0 Å². The molecule has 0 radical (unpaired) electrons. The summed E-state index contributed by atoms with van der Waals surface area (Å²) in [6.07, 6.45) is 0. The molecule has 3 nitrogen and oxygen atoms in total. The van der Waals surface area contributed by atoms with Crippen LogP contribution in [0, 0.1) is 0 Å². The van der Waals surface area contributed by atoms with Gasteiger partial charge in [-0.15, -0.1) is 0 Å². The van der Waals surface area contributed by atoms with E-state index in [9.17, 15) is 0 Å². The first-order valence-electron chi connectivity index (χ1n) is 6.22. The van der Waals surface area contributed by atoms with Gasteiger partial charge in [0.25, 0.3) is 0 Å². The molecule has 0 aliphatic carbocycles. The summed E-state index contributed by atoms with van der Waals surface area (Å²) in [5, 5.41) is 0. The molecule has 0 bridgehead atoms. The van der Waals surface area contributed by atoms with Crippen LogP contribution in [0.15, 0.2) is 30.3 Å². The fourth-order valence-electron chi connectivity index (χ4n) is 2.03. The van der Waals surface area contributed by atoms with Crippen LogP contribution in [0.1, 0.15) is 25.5 Å². The van der Waals surface area contributed by atoms with E-state index in [-0.39, 0.29) is 6.04 Å². The molecular formula is C14H24N2O. The smallest absolute Gasteiger partial charge is 0.0615 e. The summed E-state index contributed by atoms with van der Waals surface area (Å²) < 4.78 is 5.19. The van der Waals surface area contributed by atoms with E-state index in [1.165, 1.54) is 5.56 Å². The van der Waals surface area contributed by atoms with Crippen molar-refractivity contribution in [3.8, 4) is 0 Å². The lowest BCUT2D eigenvalue weighted by Crippen LogP contribution is -2.40. The molecule has 1 aromatic carbocycles. The molecule has 2 atom stereocenters. The molecule has 0 aliphatic rings. The Labute approximate surface area is 105 Å². The number of benzene rings is 1. The van der Waals surface area contributed by atoms with Gasteiger partial charge in [-0.25, -0.2) is 0 Å². The zero-order valence-electron chi connectivity index (χ0n) is 11.1. The van der Waals surface area contributed by atoms with E-state index >= 15 is 0 Å². The molecule has 0 heterocycles. The quantitative estimate of drug-likeness (QED) is 0.787. The predicted molar refractivity (Wildman–Crippen MR) is 72.0 cm³/mol. The minimum Gasteiger partial charge on any atom is -0.383 e. The molecule has 0 aliphatic heterocycles. The van der Waals surface area contributed by atoms with Gasteiger partial charge in [-0.3, -0.25) is 4.90 Å². The van der Waals surface area contributed by atoms with Crippen molar-refractivity contribution >= 4 is 0 Å². The first kappa shape index (κ1) is 14.2. The molecule has 2 N–H and O–H groups in total. The van der Waals surface area contributed by atoms with E-state index in [1.54, 1.807) is 7.11 Å². The zero-order chi connectivity index (χ0) is 12.7. The first-order valence-corrected chi connectivity index (χ1v) is 6.22.